The minimum atomic E-state index is -4.78. The summed E-state index contributed by atoms with van der Waals surface area (Å²) in [5, 5.41) is 5.55. The van der Waals surface area contributed by atoms with Crippen molar-refractivity contribution in [1.29, 1.82) is 0 Å². The Hall–Kier alpha value is -2.58. The number of nitrogens with two attached hydrogens (primary N) is 1. The number of alkyl halides is 4. The van der Waals surface area contributed by atoms with Gasteiger partial charge >= 0.3 is 18.3 Å². The van der Waals surface area contributed by atoms with Crippen molar-refractivity contribution in [2.75, 3.05) is 11.1 Å². The number of aromatic nitrogens is 2. The number of nitrogen functional groups attached to an aromatic ring is 1. The third-order valence-electron chi connectivity index (χ3n) is 2.60. The van der Waals surface area contributed by atoms with E-state index >= 15 is 0 Å². The molecule has 0 atom stereocenters. The van der Waals surface area contributed by atoms with Crippen molar-refractivity contribution in [2.45, 2.75) is 12.3 Å². The molecule has 1 aromatic carbocycles. The Morgan fingerprint density at radius 2 is 1.86 bits per heavy atom. The van der Waals surface area contributed by atoms with Crippen LogP contribution in [-0.4, -0.2) is 28.0 Å². The van der Waals surface area contributed by atoms with E-state index in [-0.39, 0.29) is 5.82 Å². The SMILES string of the molecule is Nc1ccc(-n2nccc2NC(=O)C(F)(F)C(F)F)cc1. The molecule has 1 heterocycles. The topological polar surface area (TPSA) is 72.9 Å². The van der Waals surface area contributed by atoms with Gasteiger partial charge in [0, 0.05) is 11.8 Å². The lowest BCUT2D eigenvalue weighted by atomic mass is 10.3. The highest BCUT2D eigenvalue weighted by molar-refractivity contribution is 5.95. The summed E-state index contributed by atoms with van der Waals surface area (Å²) in [7, 11) is 0. The smallest absolute Gasteiger partial charge is 0.383 e. The molecule has 112 valence electrons. The number of rotatable bonds is 4. The Kier molecular flexibility index (Phi) is 3.83. The third kappa shape index (κ3) is 2.96. The Morgan fingerprint density at radius 1 is 1.24 bits per heavy atom. The highest BCUT2D eigenvalue weighted by Gasteiger charge is 2.49. The fraction of sp³-hybridized carbons (Fsp3) is 0.167. The second-order valence-corrected chi connectivity index (χ2v) is 4.10. The second-order valence-electron chi connectivity index (χ2n) is 4.10. The lowest BCUT2D eigenvalue weighted by Gasteiger charge is -2.15. The molecule has 21 heavy (non-hydrogen) atoms. The summed E-state index contributed by atoms with van der Waals surface area (Å²) in [6.07, 6.45) is -2.86. The number of amides is 1. The molecule has 0 saturated heterocycles. The average Bonchev–Trinajstić information content (AvgIpc) is 2.87. The van der Waals surface area contributed by atoms with E-state index in [1.807, 2.05) is 0 Å². The summed E-state index contributed by atoms with van der Waals surface area (Å²) in [6.45, 7) is 0. The van der Waals surface area contributed by atoms with Crippen LogP contribution < -0.4 is 11.1 Å². The van der Waals surface area contributed by atoms with E-state index in [1.54, 1.807) is 5.32 Å². The molecule has 5 nitrogen and oxygen atoms in total. The lowest BCUT2D eigenvalue weighted by molar-refractivity contribution is -0.163. The zero-order valence-corrected chi connectivity index (χ0v) is 10.4. The molecule has 0 bridgehead atoms. The summed E-state index contributed by atoms with van der Waals surface area (Å²) in [6, 6.07) is 7.34. The number of carbonyl (C=O) groups is 1. The number of carbonyl (C=O) groups excluding carboxylic acids is 1. The number of anilines is 2. The van der Waals surface area contributed by atoms with Gasteiger partial charge in [0.05, 0.1) is 11.9 Å². The average molecular weight is 302 g/mol. The minimum Gasteiger partial charge on any atom is -0.399 e. The molecule has 2 aromatic rings. The van der Waals surface area contributed by atoms with Crippen LogP contribution in [0.1, 0.15) is 0 Å². The van der Waals surface area contributed by atoms with Gasteiger partial charge in [-0.2, -0.15) is 13.9 Å². The van der Waals surface area contributed by atoms with Crippen molar-refractivity contribution in [2.24, 2.45) is 0 Å². The number of hydrogen-bond donors (Lipinski definition) is 2. The predicted octanol–water partition coefficient (Wildman–Crippen LogP) is 2.29. The Labute approximate surface area is 116 Å². The van der Waals surface area contributed by atoms with Gasteiger partial charge in [-0.25, -0.2) is 13.5 Å². The second kappa shape index (κ2) is 5.43. The first kappa shape index (κ1) is 14.8. The van der Waals surface area contributed by atoms with Gasteiger partial charge < -0.3 is 11.1 Å². The van der Waals surface area contributed by atoms with E-state index in [0.717, 1.165) is 4.68 Å². The van der Waals surface area contributed by atoms with Gasteiger partial charge in [0.15, 0.2) is 0 Å². The molecule has 0 aliphatic heterocycles. The molecule has 1 amide bonds. The largest absolute Gasteiger partial charge is 0.399 e. The zero-order valence-electron chi connectivity index (χ0n) is 10.4. The van der Waals surface area contributed by atoms with E-state index in [4.69, 9.17) is 5.73 Å². The van der Waals surface area contributed by atoms with Crippen molar-refractivity contribution in [1.82, 2.24) is 9.78 Å². The molecule has 0 aliphatic carbocycles. The van der Waals surface area contributed by atoms with Crippen molar-refractivity contribution in [3.8, 4) is 5.69 Å². The van der Waals surface area contributed by atoms with Gasteiger partial charge in [-0.15, -0.1) is 0 Å². The number of benzene rings is 1. The van der Waals surface area contributed by atoms with Gasteiger partial charge in [-0.05, 0) is 24.3 Å². The maximum Gasteiger partial charge on any atom is 0.383 e. The normalized spacial score (nSPS) is 11.7. The fourth-order valence-electron chi connectivity index (χ4n) is 1.52. The van der Waals surface area contributed by atoms with Crippen LogP contribution in [0, 0.1) is 0 Å². The van der Waals surface area contributed by atoms with Crippen LogP contribution >= 0.6 is 0 Å². The molecule has 9 heteroatoms. The Morgan fingerprint density at radius 3 is 2.43 bits per heavy atom. The molecule has 0 aliphatic rings. The van der Waals surface area contributed by atoms with Crippen LogP contribution in [0.2, 0.25) is 0 Å². The molecule has 0 saturated carbocycles. The summed E-state index contributed by atoms with van der Waals surface area (Å²) in [4.78, 5) is 11.2. The molecule has 3 N–H and O–H groups in total. The maximum absolute atomic E-state index is 12.9. The summed E-state index contributed by atoms with van der Waals surface area (Å²) >= 11 is 0. The molecule has 0 fully saturated rings. The Bertz CT molecular complexity index is 639. The van der Waals surface area contributed by atoms with Crippen molar-refractivity contribution >= 4 is 17.4 Å². The third-order valence-corrected chi connectivity index (χ3v) is 2.60. The van der Waals surface area contributed by atoms with Crippen LogP contribution in [0.5, 0.6) is 0 Å². The summed E-state index contributed by atoms with van der Waals surface area (Å²) in [5.41, 5.74) is 6.40. The molecule has 2 rings (SSSR count). The van der Waals surface area contributed by atoms with Crippen LogP contribution in [0.25, 0.3) is 5.69 Å². The first-order valence-electron chi connectivity index (χ1n) is 5.69. The molecule has 0 radical (unpaired) electrons. The van der Waals surface area contributed by atoms with Crippen LogP contribution in [-0.2, 0) is 4.79 Å². The van der Waals surface area contributed by atoms with Crippen LogP contribution in [0.3, 0.4) is 0 Å². The lowest BCUT2D eigenvalue weighted by Crippen LogP contribution is -2.41. The fourth-order valence-corrected chi connectivity index (χ4v) is 1.52. The molecule has 1 aromatic heterocycles. The van der Waals surface area contributed by atoms with Gasteiger partial charge in [-0.1, -0.05) is 0 Å². The van der Waals surface area contributed by atoms with Crippen LogP contribution in [0.15, 0.2) is 36.5 Å². The highest BCUT2D eigenvalue weighted by atomic mass is 19.3. The first-order chi connectivity index (χ1) is 9.82. The molecular weight excluding hydrogens is 292 g/mol. The number of nitrogens with one attached hydrogen (secondary N) is 1. The summed E-state index contributed by atoms with van der Waals surface area (Å²) in [5.74, 6) is -7.05. The summed E-state index contributed by atoms with van der Waals surface area (Å²) < 4.78 is 51.2. The van der Waals surface area contributed by atoms with Crippen molar-refractivity contribution in [3.63, 3.8) is 0 Å². The minimum absolute atomic E-state index is 0.162. The van der Waals surface area contributed by atoms with Gasteiger partial charge in [0.1, 0.15) is 5.82 Å². The first-order valence-corrected chi connectivity index (χ1v) is 5.69. The number of hydrogen-bond acceptors (Lipinski definition) is 3. The van der Waals surface area contributed by atoms with E-state index in [1.165, 1.54) is 36.5 Å². The quantitative estimate of drug-likeness (QED) is 0.672. The van der Waals surface area contributed by atoms with Gasteiger partial charge in [0.2, 0.25) is 0 Å². The van der Waals surface area contributed by atoms with Crippen molar-refractivity contribution < 1.29 is 22.4 Å². The van der Waals surface area contributed by atoms with Crippen molar-refractivity contribution in [3.05, 3.63) is 36.5 Å². The predicted molar refractivity (Wildman–Crippen MR) is 67.6 cm³/mol. The van der Waals surface area contributed by atoms with E-state index in [2.05, 4.69) is 5.10 Å². The molecular formula is C12H10F4N4O. The maximum atomic E-state index is 12.9. The molecule has 0 spiro atoms. The molecule has 0 unspecified atom stereocenters. The van der Waals surface area contributed by atoms with E-state index < -0.39 is 18.3 Å². The monoisotopic (exact) mass is 302 g/mol. The standard InChI is InChI=1S/C12H10F4N4O/c13-10(14)12(15,16)11(21)19-9-5-6-18-20(9)8-3-1-7(17)2-4-8/h1-6,10H,17H2,(H,19,21). The van der Waals surface area contributed by atoms with Gasteiger partial charge in [-0.3, -0.25) is 4.79 Å². The zero-order chi connectivity index (χ0) is 15.6. The van der Waals surface area contributed by atoms with E-state index in [0.29, 0.717) is 11.4 Å². The Balaban J connectivity index is 2.26. The van der Waals surface area contributed by atoms with E-state index in [9.17, 15) is 22.4 Å². The number of halogens is 4. The van der Waals surface area contributed by atoms with Crippen LogP contribution in [0.4, 0.5) is 29.1 Å². The highest BCUT2D eigenvalue weighted by Crippen LogP contribution is 2.25. The number of nitrogens with zero attached hydrogens (tertiary/aromatic N) is 2. The van der Waals surface area contributed by atoms with Gasteiger partial charge in [0.25, 0.3) is 0 Å².